The van der Waals surface area contributed by atoms with E-state index in [0.717, 1.165) is 18.9 Å². The summed E-state index contributed by atoms with van der Waals surface area (Å²) < 4.78 is 5.15. The molecule has 0 aliphatic heterocycles. The molecule has 4 nitrogen and oxygen atoms in total. The molecule has 3 N–H and O–H groups in total. The zero-order valence-electron chi connectivity index (χ0n) is 10.0. The minimum Gasteiger partial charge on any atom is -0.494 e. The molecule has 1 aromatic rings. The van der Waals surface area contributed by atoms with Crippen LogP contribution in [0.15, 0.2) is 18.2 Å². The first-order valence-electron chi connectivity index (χ1n) is 5.93. The molecule has 2 rings (SSSR count). The summed E-state index contributed by atoms with van der Waals surface area (Å²) >= 11 is 0. The lowest BCUT2D eigenvalue weighted by Gasteiger charge is -2.10. The summed E-state index contributed by atoms with van der Waals surface area (Å²) in [7, 11) is 1.52. The van der Waals surface area contributed by atoms with Crippen LogP contribution < -0.4 is 15.8 Å². The van der Waals surface area contributed by atoms with Crippen LogP contribution >= 0.6 is 0 Å². The summed E-state index contributed by atoms with van der Waals surface area (Å²) in [6.45, 7) is 0.724. The van der Waals surface area contributed by atoms with Gasteiger partial charge in [-0.2, -0.15) is 0 Å². The number of benzene rings is 1. The molecule has 1 aliphatic rings. The van der Waals surface area contributed by atoms with Crippen LogP contribution in [-0.2, 0) is 0 Å². The van der Waals surface area contributed by atoms with Crippen LogP contribution in [0.25, 0.3) is 0 Å². The lowest BCUT2D eigenvalue weighted by Crippen LogP contribution is -2.25. The number of carbonyl (C=O) groups excluding carboxylic acids is 1. The number of amides is 1. The lowest BCUT2D eigenvalue weighted by molar-refractivity contribution is 0.0950. The van der Waals surface area contributed by atoms with Crippen LogP contribution in [0.4, 0.5) is 5.69 Å². The van der Waals surface area contributed by atoms with E-state index in [4.69, 9.17) is 10.5 Å². The standard InChI is InChI=1S/C13H18N2O2/c1-17-12-10(3-2-4-11(12)14)13(16)15-8-7-9-5-6-9/h2-4,9H,5-8,14H2,1H3,(H,15,16). The van der Waals surface area contributed by atoms with Crippen LogP contribution in [0.5, 0.6) is 5.75 Å². The molecular weight excluding hydrogens is 216 g/mol. The van der Waals surface area contributed by atoms with Gasteiger partial charge in [-0.3, -0.25) is 4.79 Å². The minimum absolute atomic E-state index is 0.116. The van der Waals surface area contributed by atoms with Gasteiger partial charge in [-0.05, 0) is 24.5 Å². The molecule has 0 spiro atoms. The van der Waals surface area contributed by atoms with Crippen molar-refractivity contribution in [1.29, 1.82) is 0 Å². The number of hydrogen-bond donors (Lipinski definition) is 2. The zero-order chi connectivity index (χ0) is 12.3. The highest BCUT2D eigenvalue weighted by Gasteiger charge is 2.21. The molecule has 17 heavy (non-hydrogen) atoms. The van der Waals surface area contributed by atoms with Gasteiger partial charge in [0.05, 0.1) is 18.4 Å². The fourth-order valence-corrected chi connectivity index (χ4v) is 1.85. The lowest BCUT2D eigenvalue weighted by atomic mass is 10.1. The molecule has 1 aromatic carbocycles. The number of hydrogen-bond acceptors (Lipinski definition) is 3. The third kappa shape index (κ3) is 2.90. The Hall–Kier alpha value is -1.71. The average molecular weight is 234 g/mol. The van der Waals surface area contributed by atoms with Gasteiger partial charge >= 0.3 is 0 Å². The van der Waals surface area contributed by atoms with Gasteiger partial charge in [0, 0.05) is 6.54 Å². The van der Waals surface area contributed by atoms with Gasteiger partial charge in [0.2, 0.25) is 0 Å². The first-order chi connectivity index (χ1) is 8.22. The van der Waals surface area contributed by atoms with Crippen molar-refractivity contribution in [2.75, 3.05) is 19.4 Å². The second kappa shape index (κ2) is 5.08. The predicted octanol–water partition coefficient (Wildman–Crippen LogP) is 1.81. The summed E-state index contributed by atoms with van der Waals surface area (Å²) in [6.07, 6.45) is 3.67. The number of rotatable bonds is 5. The van der Waals surface area contributed by atoms with Crippen LogP contribution in [0.2, 0.25) is 0 Å². The highest BCUT2D eigenvalue weighted by Crippen LogP contribution is 2.31. The predicted molar refractivity (Wildman–Crippen MR) is 67.1 cm³/mol. The average Bonchev–Trinajstić information content (AvgIpc) is 3.12. The van der Waals surface area contributed by atoms with Crippen molar-refractivity contribution in [2.45, 2.75) is 19.3 Å². The number of para-hydroxylation sites is 1. The SMILES string of the molecule is COc1c(N)cccc1C(=O)NCCC1CC1. The molecule has 92 valence electrons. The maximum atomic E-state index is 11.9. The number of methoxy groups -OCH3 is 1. The van der Waals surface area contributed by atoms with Crippen molar-refractivity contribution in [3.8, 4) is 5.75 Å². The van der Waals surface area contributed by atoms with Gasteiger partial charge in [0.15, 0.2) is 5.75 Å². The van der Waals surface area contributed by atoms with E-state index in [0.29, 0.717) is 17.0 Å². The Morgan fingerprint density at radius 2 is 2.29 bits per heavy atom. The molecule has 0 saturated heterocycles. The minimum atomic E-state index is -0.116. The number of anilines is 1. The largest absolute Gasteiger partial charge is 0.494 e. The van der Waals surface area contributed by atoms with Crippen molar-refractivity contribution in [3.05, 3.63) is 23.8 Å². The van der Waals surface area contributed by atoms with Crippen molar-refractivity contribution in [1.82, 2.24) is 5.32 Å². The van der Waals surface area contributed by atoms with E-state index in [1.54, 1.807) is 18.2 Å². The number of nitrogens with one attached hydrogen (secondary N) is 1. The monoisotopic (exact) mass is 234 g/mol. The maximum absolute atomic E-state index is 11.9. The number of carbonyl (C=O) groups is 1. The van der Waals surface area contributed by atoms with E-state index < -0.39 is 0 Å². The van der Waals surface area contributed by atoms with E-state index >= 15 is 0 Å². The molecule has 0 unspecified atom stereocenters. The van der Waals surface area contributed by atoms with Crippen LogP contribution in [0.1, 0.15) is 29.6 Å². The molecule has 1 amide bonds. The Labute approximate surface area is 101 Å². The third-order valence-electron chi connectivity index (χ3n) is 3.03. The van der Waals surface area contributed by atoms with Crippen LogP contribution in [-0.4, -0.2) is 19.6 Å². The normalized spacial score (nSPS) is 14.4. The summed E-state index contributed by atoms with van der Waals surface area (Å²) in [5.41, 5.74) is 6.74. The molecule has 1 fully saturated rings. The Morgan fingerprint density at radius 3 is 2.94 bits per heavy atom. The summed E-state index contributed by atoms with van der Waals surface area (Å²) in [6, 6.07) is 5.20. The molecular formula is C13H18N2O2. The summed E-state index contributed by atoms with van der Waals surface area (Å²) in [4.78, 5) is 11.9. The number of ether oxygens (including phenoxy) is 1. The van der Waals surface area contributed by atoms with E-state index in [1.165, 1.54) is 20.0 Å². The molecule has 1 aliphatic carbocycles. The summed E-state index contributed by atoms with van der Waals surface area (Å²) in [5.74, 6) is 1.16. The molecule has 1 saturated carbocycles. The topological polar surface area (TPSA) is 64.3 Å². The zero-order valence-corrected chi connectivity index (χ0v) is 10.0. The van der Waals surface area contributed by atoms with E-state index in [1.807, 2.05) is 0 Å². The molecule has 0 heterocycles. The van der Waals surface area contributed by atoms with Gasteiger partial charge in [-0.25, -0.2) is 0 Å². The first-order valence-corrected chi connectivity index (χ1v) is 5.93. The molecule has 0 atom stereocenters. The van der Waals surface area contributed by atoms with Crippen molar-refractivity contribution >= 4 is 11.6 Å². The van der Waals surface area contributed by atoms with Gasteiger partial charge in [-0.1, -0.05) is 18.9 Å². The van der Waals surface area contributed by atoms with E-state index in [-0.39, 0.29) is 5.91 Å². The van der Waals surface area contributed by atoms with Crippen molar-refractivity contribution < 1.29 is 9.53 Å². The van der Waals surface area contributed by atoms with Crippen LogP contribution in [0.3, 0.4) is 0 Å². The molecule has 0 radical (unpaired) electrons. The van der Waals surface area contributed by atoms with Gasteiger partial charge < -0.3 is 15.8 Å². The Bertz CT molecular complexity index is 414. The fourth-order valence-electron chi connectivity index (χ4n) is 1.85. The van der Waals surface area contributed by atoms with E-state index in [2.05, 4.69) is 5.32 Å². The highest BCUT2D eigenvalue weighted by atomic mass is 16.5. The quantitative estimate of drug-likeness (QED) is 0.764. The van der Waals surface area contributed by atoms with Gasteiger partial charge in [0.25, 0.3) is 5.91 Å². The smallest absolute Gasteiger partial charge is 0.255 e. The summed E-state index contributed by atoms with van der Waals surface area (Å²) in [5, 5.41) is 2.90. The van der Waals surface area contributed by atoms with E-state index in [9.17, 15) is 4.79 Å². The molecule has 4 heteroatoms. The van der Waals surface area contributed by atoms with Crippen molar-refractivity contribution in [3.63, 3.8) is 0 Å². The van der Waals surface area contributed by atoms with Gasteiger partial charge in [-0.15, -0.1) is 0 Å². The highest BCUT2D eigenvalue weighted by molar-refractivity contribution is 5.98. The Kier molecular flexibility index (Phi) is 3.52. The Morgan fingerprint density at radius 1 is 1.53 bits per heavy atom. The second-order valence-corrected chi connectivity index (χ2v) is 4.42. The number of nitrogens with two attached hydrogens (primary N) is 1. The van der Waals surface area contributed by atoms with Crippen LogP contribution in [0, 0.1) is 5.92 Å². The molecule has 0 bridgehead atoms. The van der Waals surface area contributed by atoms with Gasteiger partial charge in [0.1, 0.15) is 0 Å². The first kappa shape index (κ1) is 11.8. The maximum Gasteiger partial charge on any atom is 0.255 e. The fraction of sp³-hybridized carbons (Fsp3) is 0.462. The number of nitrogen functional groups attached to an aromatic ring is 1. The second-order valence-electron chi connectivity index (χ2n) is 4.42. The Balaban J connectivity index is 1.99. The van der Waals surface area contributed by atoms with Crippen molar-refractivity contribution in [2.24, 2.45) is 5.92 Å². The third-order valence-corrected chi connectivity index (χ3v) is 3.03. The molecule has 0 aromatic heterocycles.